The van der Waals surface area contributed by atoms with Crippen molar-refractivity contribution in [2.24, 2.45) is 0 Å². The predicted molar refractivity (Wildman–Crippen MR) is 65.9 cm³/mol. The molecule has 1 atom stereocenters. The van der Waals surface area contributed by atoms with Gasteiger partial charge in [0.25, 0.3) is 10.0 Å². The second kappa shape index (κ2) is 3.93. The predicted octanol–water partition coefficient (Wildman–Crippen LogP) is 0.873. The number of nitrogens with two attached hydrogens (primary N) is 1. The van der Waals surface area contributed by atoms with Gasteiger partial charge in [0.15, 0.2) is 5.25 Å². The number of nitrogens with zero attached hydrogens (tertiary/aromatic N) is 2. The van der Waals surface area contributed by atoms with Gasteiger partial charge in [-0.2, -0.15) is 5.26 Å². The second-order valence-corrected chi connectivity index (χ2v) is 6.20. The molecule has 0 bridgehead atoms. The molecular formula is C11H13N3O2S. The lowest BCUT2D eigenvalue weighted by Gasteiger charge is -2.20. The Morgan fingerprint density at radius 2 is 2.24 bits per heavy atom. The molecule has 0 saturated heterocycles. The van der Waals surface area contributed by atoms with Gasteiger partial charge < -0.3 is 5.73 Å². The molecule has 1 aliphatic rings. The summed E-state index contributed by atoms with van der Waals surface area (Å²) in [7, 11) is -3.58. The third kappa shape index (κ3) is 1.83. The number of nitriles is 1. The van der Waals surface area contributed by atoms with Crippen LogP contribution in [0.5, 0.6) is 0 Å². The van der Waals surface area contributed by atoms with E-state index in [0.717, 1.165) is 5.56 Å². The third-order valence-corrected chi connectivity index (χ3v) is 4.88. The first kappa shape index (κ1) is 11.7. The van der Waals surface area contributed by atoms with Gasteiger partial charge in [-0.1, -0.05) is 0 Å². The average molecular weight is 251 g/mol. The van der Waals surface area contributed by atoms with Gasteiger partial charge in [-0.3, -0.25) is 4.31 Å². The van der Waals surface area contributed by atoms with Gasteiger partial charge in [0.05, 0.1) is 11.8 Å². The molecule has 0 radical (unpaired) electrons. The molecule has 2 rings (SSSR count). The van der Waals surface area contributed by atoms with Crippen molar-refractivity contribution in [2.75, 3.05) is 16.6 Å². The molecular weight excluding hydrogens is 238 g/mol. The van der Waals surface area contributed by atoms with Gasteiger partial charge in [0, 0.05) is 12.2 Å². The van der Waals surface area contributed by atoms with E-state index in [1.54, 1.807) is 24.3 Å². The van der Waals surface area contributed by atoms with E-state index in [1.807, 2.05) is 0 Å². The average Bonchev–Trinajstić information content (AvgIpc) is 2.71. The minimum absolute atomic E-state index is 0.382. The van der Waals surface area contributed by atoms with Gasteiger partial charge in [-0.15, -0.1) is 0 Å². The highest BCUT2D eigenvalue weighted by atomic mass is 32.2. The highest BCUT2D eigenvalue weighted by Gasteiger charge is 2.33. The van der Waals surface area contributed by atoms with E-state index in [0.29, 0.717) is 24.3 Å². The summed E-state index contributed by atoms with van der Waals surface area (Å²) in [6.45, 7) is 1.78. The van der Waals surface area contributed by atoms with E-state index >= 15 is 0 Å². The van der Waals surface area contributed by atoms with E-state index in [4.69, 9.17) is 11.0 Å². The van der Waals surface area contributed by atoms with Crippen LogP contribution in [0.1, 0.15) is 12.5 Å². The number of hydrogen-bond donors (Lipinski definition) is 1. The zero-order chi connectivity index (χ0) is 12.6. The standard InChI is InChI=1S/C11H13N3O2S/c1-8(7-12)17(15,16)14-5-4-9-6-10(13)2-3-11(9)14/h2-3,6,8H,4-5,13H2,1H3. The van der Waals surface area contributed by atoms with Gasteiger partial charge in [-0.05, 0) is 37.1 Å². The summed E-state index contributed by atoms with van der Waals surface area (Å²) in [5.74, 6) is 0. The highest BCUT2D eigenvalue weighted by Crippen LogP contribution is 2.32. The number of benzene rings is 1. The molecule has 0 fully saturated rings. The molecule has 1 heterocycles. The normalized spacial score (nSPS) is 16.4. The van der Waals surface area contributed by atoms with Crippen molar-refractivity contribution in [1.29, 1.82) is 5.26 Å². The van der Waals surface area contributed by atoms with Crippen molar-refractivity contribution in [1.82, 2.24) is 0 Å². The SMILES string of the molecule is CC(C#N)S(=O)(=O)N1CCc2cc(N)ccc21. The maximum Gasteiger partial charge on any atom is 0.251 e. The van der Waals surface area contributed by atoms with E-state index < -0.39 is 15.3 Å². The van der Waals surface area contributed by atoms with Crippen molar-refractivity contribution in [3.05, 3.63) is 23.8 Å². The number of anilines is 2. The number of rotatable bonds is 2. The first-order chi connectivity index (χ1) is 7.96. The lowest BCUT2D eigenvalue weighted by molar-refractivity contribution is 0.588. The summed E-state index contributed by atoms with van der Waals surface area (Å²) < 4.78 is 25.5. The molecule has 0 saturated carbocycles. The second-order valence-electron chi connectivity index (χ2n) is 4.03. The summed E-state index contributed by atoms with van der Waals surface area (Å²) in [4.78, 5) is 0. The largest absolute Gasteiger partial charge is 0.399 e. The van der Waals surface area contributed by atoms with Crippen molar-refractivity contribution in [3.63, 3.8) is 0 Å². The Balaban J connectivity index is 2.45. The maximum absolute atomic E-state index is 12.1. The van der Waals surface area contributed by atoms with Crippen LogP contribution < -0.4 is 10.0 Å². The maximum atomic E-state index is 12.1. The summed E-state index contributed by atoms with van der Waals surface area (Å²) >= 11 is 0. The Morgan fingerprint density at radius 1 is 1.53 bits per heavy atom. The minimum Gasteiger partial charge on any atom is -0.399 e. The van der Waals surface area contributed by atoms with Crippen LogP contribution in [0.25, 0.3) is 0 Å². The fraction of sp³-hybridized carbons (Fsp3) is 0.364. The molecule has 17 heavy (non-hydrogen) atoms. The van der Waals surface area contributed by atoms with Crippen LogP contribution in [0, 0.1) is 11.3 Å². The van der Waals surface area contributed by atoms with Crippen LogP contribution in [-0.4, -0.2) is 20.2 Å². The third-order valence-electron chi connectivity index (χ3n) is 2.89. The molecule has 0 amide bonds. The van der Waals surface area contributed by atoms with E-state index in [1.165, 1.54) is 11.2 Å². The Hall–Kier alpha value is -1.74. The monoisotopic (exact) mass is 251 g/mol. The molecule has 0 aliphatic carbocycles. The number of sulfonamides is 1. The van der Waals surface area contributed by atoms with Crippen LogP contribution >= 0.6 is 0 Å². The highest BCUT2D eigenvalue weighted by molar-refractivity contribution is 7.93. The first-order valence-corrected chi connectivity index (χ1v) is 6.76. The minimum atomic E-state index is -3.58. The molecule has 90 valence electrons. The summed E-state index contributed by atoms with van der Waals surface area (Å²) in [6, 6.07) is 6.91. The Bertz CT molecular complexity index is 589. The fourth-order valence-electron chi connectivity index (χ4n) is 1.91. The Labute approximate surface area is 101 Å². The molecule has 0 aromatic heterocycles. The van der Waals surface area contributed by atoms with Gasteiger partial charge in [0.1, 0.15) is 0 Å². The van der Waals surface area contributed by atoms with Gasteiger partial charge in [0.2, 0.25) is 0 Å². The number of fused-ring (bicyclic) bond motifs is 1. The summed E-state index contributed by atoms with van der Waals surface area (Å²) in [5.41, 5.74) is 7.83. The van der Waals surface area contributed by atoms with Crippen molar-refractivity contribution >= 4 is 21.4 Å². The van der Waals surface area contributed by atoms with E-state index in [9.17, 15) is 8.42 Å². The quantitative estimate of drug-likeness (QED) is 0.790. The Morgan fingerprint density at radius 3 is 2.88 bits per heavy atom. The molecule has 1 unspecified atom stereocenters. The van der Waals surface area contributed by atoms with Crippen molar-refractivity contribution in [2.45, 2.75) is 18.6 Å². The Kier molecular flexibility index (Phi) is 2.71. The van der Waals surface area contributed by atoms with Gasteiger partial charge >= 0.3 is 0 Å². The van der Waals surface area contributed by atoms with Crippen LogP contribution in [0.4, 0.5) is 11.4 Å². The van der Waals surface area contributed by atoms with E-state index in [-0.39, 0.29) is 0 Å². The molecule has 1 aromatic carbocycles. The molecule has 1 aliphatic heterocycles. The number of hydrogen-bond acceptors (Lipinski definition) is 4. The number of nitrogen functional groups attached to an aromatic ring is 1. The zero-order valence-corrected chi connectivity index (χ0v) is 10.2. The molecule has 0 spiro atoms. The first-order valence-electron chi connectivity index (χ1n) is 5.26. The topological polar surface area (TPSA) is 87.2 Å². The smallest absolute Gasteiger partial charge is 0.251 e. The molecule has 6 heteroatoms. The summed E-state index contributed by atoms with van der Waals surface area (Å²) in [5, 5.41) is 7.71. The molecule has 5 nitrogen and oxygen atoms in total. The van der Waals surface area contributed by atoms with E-state index in [2.05, 4.69) is 0 Å². The lowest BCUT2D eigenvalue weighted by atomic mass is 10.1. The van der Waals surface area contributed by atoms with Crippen LogP contribution in [0.2, 0.25) is 0 Å². The summed E-state index contributed by atoms with van der Waals surface area (Å²) in [6.07, 6.45) is 0.637. The van der Waals surface area contributed by atoms with Crippen LogP contribution in [-0.2, 0) is 16.4 Å². The molecule has 2 N–H and O–H groups in total. The van der Waals surface area contributed by atoms with Gasteiger partial charge in [-0.25, -0.2) is 8.42 Å². The van der Waals surface area contributed by atoms with Crippen LogP contribution in [0.3, 0.4) is 0 Å². The van der Waals surface area contributed by atoms with Crippen LogP contribution in [0.15, 0.2) is 18.2 Å². The molecule has 1 aromatic rings. The van der Waals surface area contributed by atoms with Crippen molar-refractivity contribution in [3.8, 4) is 6.07 Å². The zero-order valence-electron chi connectivity index (χ0n) is 9.42. The van der Waals surface area contributed by atoms with Crippen molar-refractivity contribution < 1.29 is 8.42 Å². The lowest BCUT2D eigenvalue weighted by Crippen LogP contribution is -2.35. The fourth-order valence-corrected chi connectivity index (χ4v) is 3.23.